The van der Waals surface area contributed by atoms with E-state index in [2.05, 4.69) is 20.9 Å². The normalized spacial score (nSPS) is 8.11. The molecule has 0 atom stereocenters. The average molecular weight is 122 g/mol. The summed E-state index contributed by atoms with van der Waals surface area (Å²) < 4.78 is 0. The van der Waals surface area contributed by atoms with Crippen LogP contribution in [-0.2, 0) is 6.42 Å². The van der Waals surface area contributed by atoms with Gasteiger partial charge in [-0.1, -0.05) is 4.85 Å². The van der Waals surface area contributed by atoms with E-state index in [1.807, 2.05) is 0 Å². The number of aromatic nitrogens is 2. The van der Waals surface area contributed by atoms with Crippen LogP contribution in [0.25, 0.3) is 4.85 Å². The standard InChI is InChI=1S/C6H8N3/c1-7-3-2-6-8-4-5-9-6/h4-5H,2H2,1H3,(H,8,9)/q+1. The fourth-order valence-electron chi connectivity index (χ4n) is 0.549. The van der Waals surface area contributed by atoms with Crippen LogP contribution in [0.2, 0.25) is 0 Å². The molecular formula is C6H8N3+. The molecule has 0 radical (unpaired) electrons. The van der Waals surface area contributed by atoms with Crippen LogP contribution in [-0.4, -0.2) is 17.0 Å². The van der Waals surface area contributed by atoms with Crippen LogP contribution in [0.5, 0.6) is 0 Å². The Kier molecular flexibility index (Phi) is 1.86. The molecule has 9 heavy (non-hydrogen) atoms. The van der Waals surface area contributed by atoms with E-state index in [1.54, 1.807) is 19.4 Å². The maximum absolute atomic E-state index is 3.98. The molecule has 1 rings (SSSR count). The summed E-state index contributed by atoms with van der Waals surface area (Å²) >= 11 is 0. The number of nitrogens with one attached hydrogen (secondary N) is 1. The molecular weight excluding hydrogens is 114 g/mol. The van der Waals surface area contributed by atoms with Crippen LogP contribution in [0.1, 0.15) is 5.82 Å². The number of H-pyrrole nitrogens is 1. The third kappa shape index (κ3) is 1.57. The minimum absolute atomic E-state index is 0.670. The second kappa shape index (κ2) is 2.88. The fourth-order valence-corrected chi connectivity index (χ4v) is 0.549. The Labute approximate surface area is 53.6 Å². The van der Waals surface area contributed by atoms with Crippen LogP contribution >= 0.6 is 0 Å². The summed E-state index contributed by atoms with van der Waals surface area (Å²) in [6.07, 6.45) is 4.17. The van der Waals surface area contributed by atoms with Crippen LogP contribution < -0.4 is 0 Å². The summed E-state index contributed by atoms with van der Waals surface area (Å²) in [5.74, 6) is 0.903. The highest BCUT2D eigenvalue weighted by atomic mass is 14.9. The Hall–Kier alpha value is -1.30. The van der Waals surface area contributed by atoms with Gasteiger partial charge in [0, 0.05) is 12.4 Å². The maximum atomic E-state index is 3.98. The van der Waals surface area contributed by atoms with Gasteiger partial charge in [-0.15, -0.1) is 0 Å². The van der Waals surface area contributed by atoms with Crippen LogP contribution in [0.4, 0.5) is 0 Å². The van der Waals surface area contributed by atoms with Gasteiger partial charge in [0.1, 0.15) is 12.2 Å². The lowest BCUT2D eigenvalue weighted by molar-refractivity contribution is 1.08. The van der Waals surface area contributed by atoms with Gasteiger partial charge in [0.15, 0.2) is 0 Å². The number of imidazole rings is 1. The first-order valence-electron chi connectivity index (χ1n) is 2.73. The zero-order chi connectivity index (χ0) is 6.53. The second-order valence-electron chi connectivity index (χ2n) is 1.59. The van der Waals surface area contributed by atoms with Crippen molar-refractivity contribution in [2.45, 2.75) is 6.42 Å². The summed E-state index contributed by atoms with van der Waals surface area (Å²) in [6, 6.07) is 2.78. The number of hydrogen-bond acceptors (Lipinski definition) is 1. The van der Waals surface area contributed by atoms with Crippen LogP contribution in [0.15, 0.2) is 12.4 Å². The van der Waals surface area contributed by atoms with Crippen molar-refractivity contribution in [1.82, 2.24) is 9.97 Å². The van der Waals surface area contributed by atoms with Gasteiger partial charge < -0.3 is 4.98 Å². The molecule has 0 aromatic carbocycles. The second-order valence-corrected chi connectivity index (χ2v) is 1.59. The van der Waals surface area contributed by atoms with Crippen molar-refractivity contribution in [3.8, 4) is 6.07 Å². The van der Waals surface area contributed by atoms with E-state index >= 15 is 0 Å². The van der Waals surface area contributed by atoms with Crippen molar-refractivity contribution in [3.63, 3.8) is 0 Å². The first-order valence-corrected chi connectivity index (χ1v) is 2.73. The number of nitrogens with zero attached hydrogens (tertiary/aromatic N) is 2. The summed E-state index contributed by atoms with van der Waals surface area (Å²) in [7, 11) is 1.70. The fraction of sp³-hybridized carbons (Fsp3) is 0.333. The molecule has 46 valence electrons. The Balaban J connectivity index is 2.54. The largest absolute Gasteiger partial charge is 0.348 e. The third-order valence-electron chi connectivity index (χ3n) is 0.959. The van der Waals surface area contributed by atoms with Crippen molar-refractivity contribution in [3.05, 3.63) is 23.1 Å². The molecule has 0 aliphatic rings. The maximum Gasteiger partial charge on any atom is 0.280 e. The summed E-state index contributed by atoms with van der Waals surface area (Å²) in [6.45, 7) is 0. The van der Waals surface area contributed by atoms with E-state index < -0.39 is 0 Å². The lowest BCUT2D eigenvalue weighted by Gasteiger charge is -1.75. The van der Waals surface area contributed by atoms with Gasteiger partial charge in [-0.25, -0.2) is 4.98 Å². The van der Waals surface area contributed by atoms with Crippen molar-refractivity contribution < 1.29 is 0 Å². The molecule has 0 aliphatic heterocycles. The van der Waals surface area contributed by atoms with E-state index in [-0.39, 0.29) is 0 Å². The lowest BCUT2D eigenvalue weighted by atomic mass is 10.5. The van der Waals surface area contributed by atoms with Crippen LogP contribution in [0.3, 0.4) is 0 Å². The average Bonchev–Trinajstić information content (AvgIpc) is 2.34. The molecule has 0 spiro atoms. The molecule has 1 aromatic rings. The van der Waals surface area contributed by atoms with E-state index in [0.717, 1.165) is 5.82 Å². The molecule has 3 nitrogen and oxygen atoms in total. The smallest absolute Gasteiger partial charge is 0.280 e. The van der Waals surface area contributed by atoms with Gasteiger partial charge in [0.05, 0.1) is 0 Å². The van der Waals surface area contributed by atoms with Crippen molar-refractivity contribution >= 4 is 0 Å². The monoisotopic (exact) mass is 122 g/mol. The Morgan fingerprint density at radius 2 is 2.78 bits per heavy atom. The molecule has 0 bridgehead atoms. The predicted octanol–water partition coefficient (Wildman–Crippen LogP) is 0.915. The van der Waals surface area contributed by atoms with E-state index in [0.29, 0.717) is 6.42 Å². The molecule has 1 N–H and O–H groups in total. The summed E-state index contributed by atoms with van der Waals surface area (Å²) in [5, 5.41) is 0. The van der Waals surface area contributed by atoms with E-state index in [9.17, 15) is 0 Å². The highest BCUT2D eigenvalue weighted by Gasteiger charge is 1.92. The summed E-state index contributed by atoms with van der Waals surface area (Å²) in [5.41, 5.74) is 0. The molecule has 0 aliphatic carbocycles. The van der Waals surface area contributed by atoms with Gasteiger partial charge in [-0.2, -0.15) is 0 Å². The Morgan fingerprint density at radius 3 is 3.33 bits per heavy atom. The molecule has 0 fully saturated rings. The van der Waals surface area contributed by atoms with Crippen molar-refractivity contribution in [2.75, 3.05) is 7.05 Å². The highest BCUT2D eigenvalue weighted by Crippen LogP contribution is 1.86. The number of aromatic amines is 1. The third-order valence-corrected chi connectivity index (χ3v) is 0.959. The number of rotatable bonds is 1. The molecule has 0 amide bonds. The minimum Gasteiger partial charge on any atom is -0.348 e. The first kappa shape index (κ1) is 5.83. The Morgan fingerprint density at radius 1 is 1.89 bits per heavy atom. The van der Waals surface area contributed by atoms with Crippen LogP contribution in [0, 0.1) is 6.07 Å². The van der Waals surface area contributed by atoms with Gasteiger partial charge in [-0.05, 0) is 0 Å². The Bertz CT molecular complexity index is 214. The minimum atomic E-state index is 0.670. The summed E-state index contributed by atoms with van der Waals surface area (Å²) in [4.78, 5) is 10.6. The van der Waals surface area contributed by atoms with E-state index in [1.165, 1.54) is 0 Å². The highest BCUT2D eigenvalue weighted by molar-refractivity contribution is 4.99. The SMILES string of the molecule is C[N+]#CCc1ncc[nH]1. The molecule has 0 saturated carbocycles. The molecule has 3 heteroatoms. The number of hydrogen-bond donors (Lipinski definition) is 1. The zero-order valence-corrected chi connectivity index (χ0v) is 5.26. The van der Waals surface area contributed by atoms with Gasteiger partial charge in [-0.3, -0.25) is 0 Å². The predicted molar refractivity (Wildman–Crippen MR) is 35.5 cm³/mol. The molecule has 0 saturated heterocycles. The first-order chi connectivity index (χ1) is 4.43. The molecule has 1 aromatic heterocycles. The van der Waals surface area contributed by atoms with Gasteiger partial charge >= 0.3 is 0 Å². The van der Waals surface area contributed by atoms with Crippen molar-refractivity contribution in [2.24, 2.45) is 0 Å². The van der Waals surface area contributed by atoms with Crippen molar-refractivity contribution in [1.29, 1.82) is 0 Å². The quantitative estimate of drug-likeness (QED) is 0.590. The molecule has 0 unspecified atom stereocenters. The van der Waals surface area contributed by atoms with Gasteiger partial charge in [0.2, 0.25) is 0 Å². The van der Waals surface area contributed by atoms with Gasteiger partial charge in [0.25, 0.3) is 13.1 Å². The van der Waals surface area contributed by atoms with E-state index in [4.69, 9.17) is 0 Å². The zero-order valence-electron chi connectivity index (χ0n) is 5.26. The lowest BCUT2D eigenvalue weighted by Crippen LogP contribution is -1.81. The topological polar surface area (TPSA) is 33.0 Å². The molecule has 1 heterocycles.